The predicted octanol–water partition coefficient (Wildman–Crippen LogP) is 2.88. The molecule has 1 N–H and O–H groups in total. The zero-order chi connectivity index (χ0) is 12.2. The second-order valence-corrected chi connectivity index (χ2v) is 3.24. The van der Waals surface area contributed by atoms with Crippen LogP contribution in [0, 0.1) is 11.3 Å². The Kier molecular flexibility index (Phi) is 3.91. The molecule has 2 nitrogen and oxygen atoms in total. The van der Waals surface area contributed by atoms with Gasteiger partial charge in [-0.15, -0.1) is 0 Å². The molecule has 1 atom stereocenters. The highest BCUT2D eigenvalue weighted by Gasteiger charge is 2.30. The van der Waals surface area contributed by atoms with Gasteiger partial charge in [-0.3, -0.25) is 5.32 Å². The van der Waals surface area contributed by atoms with Crippen LogP contribution in [0.1, 0.15) is 24.1 Å². The van der Waals surface area contributed by atoms with Crippen molar-refractivity contribution in [1.82, 2.24) is 5.32 Å². The van der Waals surface area contributed by atoms with E-state index in [1.54, 1.807) is 6.92 Å². The quantitative estimate of drug-likeness (QED) is 0.863. The van der Waals surface area contributed by atoms with Gasteiger partial charge in [0.25, 0.3) is 0 Å². The van der Waals surface area contributed by atoms with Crippen LogP contribution in [0.2, 0.25) is 0 Å². The maximum atomic E-state index is 12.4. The van der Waals surface area contributed by atoms with E-state index in [9.17, 15) is 13.2 Å². The number of alkyl halides is 3. The van der Waals surface area contributed by atoms with Crippen LogP contribution in [0.4, 0.5) is 13.2 Å². The summed E-state index contributed by atoms with van der Waals surface area (Å²) in [6.07, 6.45) is -4.37. The Morgan fingerprint density at radius 1 is 1.44 bits per heavy atom. The Labute approximate surface area is 91.7 Å². The second-order valence-electron chi connectivity index (χ2n) is 3.24. The minimum absolute atomic E-state index is 0.333. The zero-order valence-electron chi connectivity index (χ0n) is 8.67. The van der Waals surface area contributed by atoms with E-state index in [1.807, 2.05) is 6.07 Å². The molecule has 0 aliphatic carbocycles. The number of nitrogens with one attached hydrogen (secondary N) is 1. The van der Waals surface area contributed by atoms with Gasteiger partial charge in [0, 0.05) is 0 Å². The molecule has 1 aromatic carbocycles. The van der Waals surface area contributed by atoms with Gasteiger partial charge in [-0.05, 0) is 24.2 Å². The monoisotopic (exact) mass is 228 g/mol. The molecule has 1 unspecified atom stereocenters. The molecule has 0 radical (unpaired) electrons. The van der Waals surface area contributed by atoms with Gasteiger partial charge >= 0.3 is 6.18 Å². The van der Waals surface area contributed by atoms with Crippen LogP contribution in [0.25, 0.3) is 0 Å². The number of halogens is 3. The smallest absolute Gasteiger partial charge is 0.298 e. The second kappa shape index (κ2) is 4.99. The fraction of sp³-hybridized carbons (Fsp3) is 0.364. The van der Waals surface area contributed by atoms with Crippen molar-refractivity contribution in [2.45, 2.75) is 19.1 Å². The molecule has 16 heavy (non-hydrogen) atoms. The van der Waals surface area contributed by atoms with Gasteiger partial charge < -0.3 is 0 Å². The number of hydrogen-bond donors (Lipinski definition) is 1. The Balaban J connectivity index is 3.03. The minimum Gasteiger partial charge on any atom is -0.298 e. The summed E-state index contributed by atoms with van der Waals surface area (Å²) in [5.41, 5.74) is -0.401. The van der Waals surface area contributed by atoms with Crippen molar-refractivity contribution >= 4 is 0 Å². The van der Waals surface area contributed by atoms with Gasteiger partial charge in [-0.2, -0.15) is 18.4 Å². The molecule has 0 aliphatic heterocycles. The molecule has 0 heterocycles. The van der Waals surface area contributed by atoms with Crippen molar-refractivity contribution < 1.29 is 13.2 Å². The Morgan fingerprint density at radius 2 is 2.12 bits per heavy atom. The van der Waals surface area contributed by atoms with E-state index in [1.165, 1.54) is 12.1 Å². The highest BCUT2D eigenvalue weighted by atomic mass is 19.4. The highest BCUT2D eigenvalue weighted by Crippen LogP contribution is 2.30. The van der Waals surface area contributed by atoms with Gasteiger partial charge in [-0.25, -0.2) is 0 Å². The number of benzene rings is 1. The van der Waals surface area contributed by atoms with E-state index in [2.05, 4.69) is 5.32 Å². The van der Waals surface area contributed by atoms with Crippen molar-refractivity contribution in [2.24, 2.45) is 0 Å². The fourth-order valence-corrected chi connectivity index (χ4v) is 1.34. The van der Waals surface area contributed by atoms with Crippen LogP contribution < -0.4 is 5.32 Å². The SMILES string of the molecule is CCNC(C#N)c1cccc(C(F)(F)F)c1. The van der Waals surface area contributed by atoms with E-state index in [0.29, 0.717) is 12.1 Å². The normalized spacial score (nSPS) is 13.2. The summed E-state index contributed by atoms with van der Waals surface area (Å²) in [7, 11) is 0. The third-order valence-electron chi connectivity index (χ3n) is 2.08. The zero-order valence-corrected chi connectivity index (χ0v) is 8.67. The summed E-state index contributed by atoms with van der Waals surface area (Å²) in [5.74, 6) is 0. The summed E-state index contributed by atoms with van der Waals surface area (Å²) in [6.45, 7) is 2.31. The first-order valence-corrected chi connectivity index (χ1v) is 4.79. The van der Waals surface area contributed by atoms with Crippen LogP contribution in [-0.2, 0) is 6.18 Å². The lowest BCUT2D eigenvalue weighted by Crippen LogP contribution is -2.19. The maximum absolute atomic E-state index is 12.4. The molecule has 0 amide bonds. The number of rotatable bonds is 3. The van der Waals surface area contributed by atoms with Gasteiger partial charge in [-0.1, -0.05) is 19.1 Å². The van der Waals surface area contributed by atoms with Crippen LogP contribution in [0.3, 0.4) is 0 Å². The molecule has 0 aliphatic rings. The molecule has 1 rings (SSSR count). The van der Waals surface area contributed by atoms with Crippen LogP contribution in [0.15, 0.2) is 24.3 Å². The predicted molar refractivity (Wildman–Crippen MR) is 53.5 cm³/mol. The third kappa shape index (κ3) is 2.97. The lowest BCUT2D eigenvalue weighted by atomic mass is 10.0. The topological polar surface area (TPSA) is 35.8 Å². The molecule has 86 valence electrons. The molecular weight excluding hydrogens is 217 g/mol. The summed E-state index contributed by atoms with van der Waals surface area (Å²) in [5, 5.41) is 11.6. The first-order chi connectivity index (χ1) is 7.49. The molecular formula is C11H11F3N2. The summed E-state index contributed by atoms with van der Waals surface area (Å²) < 4.78 is 37.3. The lowest BCUT2D eigenvalue weighted by molar-refractivity contribution is -0.137. The van der Waals surface area contributed by atoms with Crippen molar-refractivity contribution in [3.05, 3.63) is 35.4 Å². The minimum atomic E-state index is -4.37. The molecule has 0 bridgehead atoms. The van der Waals surface area contributed by atoms with Crippen molar-refractivity contribution in [1.29, 1.82) is 5.26 Å². The number of nitriles is 1. The molecule has 0 aromatic heterocycles. The Bertz CT molecular complexity index is 393. The molecule has 0 spiro atoms. The molecule has 0 fully saturated rings. The van der Waals surface area contributed by atoms with Crippen LogP contribution in [-0.4, -0.2) is 6.54 Å². The van der Waals surface area contributed by atoms with E-state index in [4.69, 9.17) is 5.26 Å². The van der Waals surface area contributed by atoms with E-state index >= 15 is 0 Å². The third-order valence-corrected chi connectivity index (χ3v) is 2.08. The van der Waals surface area contributed by atoms with Gasteiger partial charge in [0.1, 0.15) is 6.04 Å². The average molecular weight is 228 g/mol. The van der Waals surface area contributed by atoms with E-state index < -0.39 is 17.8 Å². The number of nitrogens with zero attached hydrogens (tertiary/aromatic N) is 1. The summed E-state index contributed by atoms with van der Waals surface area (Å²) in [6, 6.07) is 6.02. The van der Waals surface area contributed by atoms with Gasteiger partial charge in [0.15, 0.2) is 0 Å². The largest absolute Gasteiger partial charge is 0.416 e. The molecule has 0 saturated carbocycles. The molecule has 0 saturated heterocycles. The van der Waals surface area contributed by atoms with Gasteiger partial charge in [0.05, 0.1) is 11.6 Å². The highest BCUT2D eigenvalue weighted by molar-refractivity contribution is 5.30. The summed E-state index contributed by atoms with van der Waals surface area (Å²) >= 11 is 0. The number of hydrogen-bond acceptors (Lipinski definition) is 2. The molecule has 1 aromatic rings. The van der Waals surface area contributed by atoms with Crippen molar-refractivity contribution in [2.75, 3.05) is 6.54 Å². The fourth-order valence-electron chi connectivity index (χ4n) is 1.34. The maximum Gasteiger partial charge on any atom is 0.416 e. The standard InChI is InChI=1S/C11H11F3N2/c1-2-16-10(7-15)8-4-3-5-9(6-8)11(12,13)14/h3-6,10,16H,2H2,1H3. The van der Waals surface area contributed by atoms with E-state index in [0.717, 1.165) is 12.1 Å². The van der Waals surface area contributed by atoms with Crippen molar-refractivity contribution in [3.63, 3.8) is 0 Å². The van der Waals surface area contributed by atoms with E-state index in [-0.39, 0.29) is 0 Å². The summed E-state index contributed by atoms with van der Waals surface area (Å²) in [4.78, 5) is 0. The lowest BCUT2D eigenvalue weighted by Gasteiger charge is -2.12. The van der Waals surface area contributed by atoms with Crippen LogP contribution >= 0.6 is 0 Å². The Hall–Kier alpha value is -1.54. The first-order valence-electron chi connectivity index (χ1n) is 4.79. The average Bonchev–Trinajstić information content (AvgIpc) is 2.25. The Morgan fingerprint density at radius 3 is 2.62 bits per heavy atom. The molecule has 5 heteroatoms. The van der Waals surface area contributed by atoms with Crippen LogP contribution in [0.5, 0.6) is 0 Å². The van der Waals surface area contributed by atoms with Gasteiger partial charge in [0.2, 0.25) is 0 Å². The van der Waals surface area contributed by atoms with Crippen molar-refractivity contribution in [3.8, 4) is 6.07 Å². The first kappa shape index (κ1) is 12.5.